The van der Waals surface area contributed by atoms with E-state index in [1.54, 1.807) is 6.07 Å². The summed E-state index contributed by atoms with van der Waals surface area (Å²) in [6.07, 6.45) is 1.54. The van der Waals surface area contributed by atoms with Gasteiger partial charge in [-0.1, -0.05) is 0 Å². The summed E-state index contributed by atoms with van der Waals surface area (Å²) >= 11 is 0. The van der Waals surface area contributed by atoms with E-state index in [4.69, 9.17) is 5.73 Å². The molecule has 0 aliphatic carbocycles. The van der Waals surface area contributed by atoms with Gasteiger partial charge in [-0.15, -0.1) is 0 Å². The maximum Gasteiger partial charge on any atom is 1.00 e. The molecule has 0 fully saturated rings. The third-order valence-electron chi connectivity index (χ3n) is 1.37. The van der Waals surface area contributed by atoms with Crippen LogP contribution in [-0.2, 0) is 7.05 Å². The minimum absolute atomic E-state index is 0. The Hall–Kier alpha value is 0.0564. The van der Waals surface area contributed by atoms with Crippen molar-refractivity contribution in [3.8, 4) is 0 Å². The molecule has 5 heteroatoms. The number of rotatable bonds is 1. The maximum absolute atomic E-state index is 11.0. The first kappa shape index (κ1) is 12.1. The molecule has 1 N–H and O–H groups in total. The van der Waals surface area contributed by atoms with E-state index in [-0.39, 0.29) is 56.9 Å². The van der Waals surface area contributed by atoms with E-state index in [0.29, 0.717) is 0 Å². The number of aryl methyl sites for hydroxylation is 1. The molecule has 0 aliphatic heterocycles. The van der Waals surface area contributed by atoms with E-state index in [9.17, 15) is 9.59 Å². The molecule has 1 rings (SSSR count). The Kier molecular flexibility index (Phi) is 4.96. The van der Waals surface area contributed by atoms with Crippen LogP contribution in [0.25, 0.3) is 5.73 Å². The van der Waals surface area contributed by atoms with Crippen LogP contribution in [0, 0.1) is 0 Å². The summed E-state index contributed by atoms with van der Waals surface area (Å²) in [7, 11) is 1.54. The molecule has 1 aromatic rings. The second kappa shape index (κ2) is 4.93. The van der Waals surface area contributed by atoms with Gasteiger partial charge in [0.05, 0.1) is 11.5 Å². The van der Waals surface area contributed by atoms with Crippen molar-refractivity contribution in [2.24, 2.45) is 7.05 Å². The number of carbonyl (C=O) groups excluding carboxylic acids is 1. The van der Waals surface area contributed by atoms with Gasteiger partial charge in [-0.05, 0) is 12.1 Å². The summed E-state index contributed by atoms with van der Waals surface area (Å²) < 4.78 is 1.27. The number of pyridine rings is 1. The molecule has 0 radical (unpaired) electrons. The summed E-state index contributed by atoms with van der Waals surface area (Å²) in [6, 6.07) is 2.90. The molecule has 0 bridgehead atoms. The molecule has 0 saturated heterocycles. The Morgan fingerprint density at radius 2 is 2.17 bits per heavy atom. The van der Waals surface area contributed by atoms with Crippen LogP contribution in [0.2, 0.25) is 0 Å². The van der Waals surface area contributed by atoms with Crippen molar-refractivity contribution in [3.63, 3.8) is 0 Å². The van der Waals surface area contributed by atoms with E-state index in [2.05, 4.69) is 0 Å². The van der Waals surface area contributed by atoms with E-state index < -0.39 is 11.5 Å². The molecule has 0 aliphatic rings. The van der Waals surface area contributed by atoms with Crippen LogP contribution in [0.5, 0.6) is 0 Å². The van der Waals surface area contributed by atoms with Crippen molar-refractivity contribution in [1.82, 2.24) is 4.57 Å². The average Bonchev–Trinajstić information content (AvgIpc) is 1.94. The smallest absolute Gasteiger partial charge is 0.663 e. The predicted molar refractivity (Wildman–Crippen MR) is 40.3 cm³/mol. The number of nitrogens with one attached hydrogen (secondary N) is 1. The normalized spacial score (nSPS) is 8.75. The quantitative estimate of drug-likeness (QED) is 0.463. The second-order valence-electron chi connectivity index (χ2n) is 2.17. The third kappa shape index (κ3) is 2.53. The summed E-state index contributed by atoms with van der Waals surface area (Å²) in [5, 5.41) is 0. The minimum atomic E-state index is -0.939. The van der Waals surface area contributed by atoms with Gasteiger partial charge in [0.2, 0.25) is 0 Å². The van der Waals surface area contributed by atoms with Crippen LogP contribution < -0.4 is 56.9 Å². The van der Waals surface area contributed by atoms with Crippen LogP contribution in [0.1, 0.15) is 10.4 Å². The Morgan fingerprint density at radius 3 is 2.58 bits per heavy atom. The largest absolute Gasteiger partial charge is 1.00 e. The van der Waals surface area contributed by atoms with Gasteiger partial charge in [0.25, 0.3) is 5.56 Å². The summed E-state index contributed by atoms with van der Waals surface area (Å²) in [5.41, 5.74) is 6.19. The van der Waals surface area contributed by atoms with Crippen LogP contribution in [-0.4, -0.2) is 10.5 Å². The predicted octanol–water partition coefficient (Wildman–Crippen LogP) is -2.42. The second-order valence-corrected chi connectivity index (χ2v) is 2.17. The van der Waals surface area contributed by atoms with E-state index in [1.165, 1.54) is 23.9 Å². The molecule has 1 amide bonds. The molecule has 1 heterocycles. The molecular formula is C7H7KN2O2. The van der Waals surface area contributed by atoms with Crippen molar-refractivity contribution in [1.29, 1.82) is 0 Å². The van der Waals surface area contributed by atoms with Gasteiger partial charge in [-0.2, -0.15) is 0 Å². The fourth-order valence-corrected chi connectivity index (χ4v) is 0.770. The Labute approximate surface area is 112 Å². The summed E-state index contributed by atoms with van der Waals surface area (Å²) in [6.45, 7) is 0. The Balaban J connectivity index is 0.00000121. The molecule has 58 valence electrons. The molecule has 12 heavy (non-hydrogen) atoms. The van der Waals surface area contributed by atoms with Crippen molar-refractivity contribution in [2.75, 3.05) is 0 Å². The van der Waals surface area contributed by atoms with Gasteiger partial charge < -0.3 is 15.1 Å². The van der Waals surface area contributed by atoms with Crippen molar-refractivity contribution in [2.45, 2.75) is 0 Å². The molecule has 0 atom stereocenters. The maximum atomic E-state index is 11.0. The van der Waals surface area contributed by atoms with E-state index >= 15 is 0 Å². The average molecular weight is 190 g/mol. The zero-order valence-electron chi connectivity index (χ0n) is 7.00. The van der Waals surface area contributed by atoms with E-state index in [1.807, 2.05) is 0 Å². The number of hydrogen-bond acceptors (Lipinski definition) is 2. The topological polar surface area (TPSA) is 62.9 Å². The minimum Gasteiger partial charge on any atom is -0.663 e. The Morgan fingerprint density at radius 1 is 1.58 bits per heavy atom. The Bertz CT molecular complexity index is 346. The molecule has 4 nitrogen and oxygen atoms in total. The number of hydrogen-bond donors (Lipinski definition) is 0. The first-order valence-electron chi connectivity index (χ1n) is 3.04. The van der Waals surface area contributed by atoms with Crippen molar-refractivity contribution >= 4 is 5.91 Å². The van der Waals surface area contributed by atoms with E-state index in [0.717, 1.165) is 0 Å². The number of nitrogens with zero attached hydrogens (tertiary/aromatic N) is 1. The van der Waals surface area contributed by atoms with Crippen molar-refractivity contribution in [3.05, 3.63) is 40.0 Å². The van der Waals surface area contributed by atoms with Gasteiger partial charge in [0.15, 0.2) is 0 Å². The fourth-order valence-electron chi connectivity index (χ4n) is 0.770. The van der Waals surface area contributed by atoms with Gasteiger partial charge >= 0.3 is 51.4 Å². The zero-order chi connectivity index (χ0) is 8.43. The fraction of sp³-hybridized carbons (Fsp3) is 0.143. The van der Waals surface area contributed by atoms with Gasteiger partial charge in [-0.25, -0.2) is 0 Å². The van der Waals surface area contributed by atoms with Crippen LogP contribution in [0.15, 0.2) is 23.1 Å². The zero-order valence-corrected chi connectivity index (χ0v) is 10.1. The molecule has 1 aromatic heterocycles. The number of carbonyl (C=O) groups is 1. The molecule has 0 aromatic carbocycles. The molecule has 0 saturated carbocycles. The van der Waals surface area contributed by atoms with Crippen LogP contribution >= 0.6 is 0 Å². The van der Waals surface area contributed by atoms with Gasteiger partial charge in [0, 0.05) is 13.2 Å². The first-order chi connectivity index (χ1) is 5.13. The summed E-state index contributed by atoms with van der Waals surface area (Å²) in [5.74, 6) is -0.939. The van der Waals surface area contributed by atoms with Crippen LogP contribution in [0.4, 0.5) is 0 Å². The third-order valence-corrected chi connectivity index (χ3v) is 1.37. The number of aromatic nitrogens is 1. The van der Waals surface area contributed by atoms with Crippen LogP contribution in [0.3, 0.4) is 0 Å². The van der Waals surface area contributed by atoms with Gasteiger partial charge in [0.1, 0.15) is 0 Å². The van der Waals surface area contributed by atoms with Crippen molar-refractivity contribution < 1.29 is 56.2 Å². The summed E-state index contributed by atoms with van der Waals surface area (Å²) in [4.78, 5) is 21.5. The molecule has 0 unspecified atom stereocenters. The first-order valence-corrected chi connectivity index (χ1v) is 3.04. The molecule has 0 spiro atoms. The monoisotopic (exact) mass is 190 g/mol. The standard InChI is InChI=1S/C7H8N2O2.K/c1-9-4-2-3-5(6(8)10)7(9)11;/h2-4H,1H3,(H2,8,10);/q;+1/p-1. The van der Waals surface area contributed by atoms with Gasteiger partial charge in [-0.3, -0.25) is 4.79 Å². The molecular weight excluding hydrogens is 183 g/mol. The SMILES string of the molecule is Cn1cccc(C([NH-])=O)c1=O.[K+]. The number of amides is 1.